The van der Waals surface area contributed by atoms with Crippen LogP contribution in [-0.4, -0.2) is 42.6 Å². The average molecular weight is 303 g/mol. The Labute approximate surface area is 127 Å². The molecule has 0 saturated carbocycles. The predicted octanol–water partition coefficient (Wildman–Crippen LogP) is 2.25. The second-order valence-corrected chi connectivity index (χ2v) is 4.90. The highest BCUT2D eigenvalue weighted by Gasteiger charge is 2.10. The van der Waals surface area contributed by atoms with Gasteiger partial charge in [-0.05, 0) is 31.3 Å². The third-order valence-corrected chi connectivity index (χ3v) is 3.08. The largest absolute Gasteiger partial charge is 0.480 e. The molecular weight excluding hydrogens is 286 g/mol. The Morgan fingerprint density at radius 2 is 1.86 bits per heavy atom. The number of hydrogen-bond donors (Lipinski definition) is 1. The monoisotopic (exact) mass is 303 g/mol. The van der Waals surface area contributed by atoms with E-state index >= 15 is 0 Å². The summed E-state index contributed by atoms with van der Waals surface area (Å²) in [6, 6.07) is 10.5. The molecule has 0 atom stereocenters. The Morgan fingerprint density at radius 3 is 2.45 bits per heavy atom. The van der Waals surface area contributed by atoms with E-state index in [4.69, 9.17) is 9.52 Å². The smallest absolute Gasteiger partial charge is 0.337 e. The molecule has 2 aromatic rings. The Hall–Kier alpha value is -2.60. The third-order valence-electron chi connectivity index (χ3n) is 3.08. The molecule has 1 aromatic heterocycles. The van der Waals surface area contributed by atoms with Gasteiger partial charge in [0, 0.05) is 5.56 Å². The molecule has 0 aliphatic carbocycles. The van der Waals surface area contributed by atoms with Crippen molar-refractivity contribution in [1.82, 2.24) is 4.90 Å². The lowest BCUT2D eigenvalue weighted by atomic mass is 10.1. The highest BCUT2D eigenvalue weighted by molar-refractivity contribution is 5.89. The number of carboxylic acid groups (broad SMARTS) is 1. The molecule has 0 amide bonds. The number of rotatable bonds is 6. The molecule has 0 bridgehead atoms. The second kappa shape index (κ2) is 6.91. The van der Waals surface area contributed by atoms with Crippen LogP contribution in [-0.2, 0) is 16.1 Å². The molecule has 0 saturated heterocycles. The van der Waals surface area contributed by atoms with Gasteiger partial charge in [0.05, 0.1) is 25.8 Å². The van der Waals surface area contributed by atoms with Crippen LogP contribution < -0.4 is 0 Å². The minimum Gasteiger partial charge on any atom is -0.480 e. The lowest BCUT2D eigenvalue weighted by Gasteiger charge is -2.11. The Morgan fingerprint density at radius 1 is 1.18 bits per heavy atom. The van der Waals surface area contributed by atoms with E-state index in [1.165, 1.54) is 7.11 Å². The maximum atomic E-state index is 11.4. The van der Waals surface area contributed by atoms with Crippen LogP contribution in [0.1, 0.15) is 16.1 Å². The van der Waals surface area contributed by atoms with Crippen LogP contribution in [0.2, 0.25) is 0 Å². The van der Waals surface area contributed by atoms with Crippen molar-refractivity contribution in [3.05, 3.63) is 47.7 Å². The van der Waals surface area contributed by atoms with E-state index in [9.17, 15) is 9.59 Å². The molecule has 0 fully saturated rings. The second-order valence-electron chi connectivity index (χ2n) is 4.90. The number of furan rings is 1. The normalized spacial score (nSPS) is 10.7. The molecule has 0 aliphatic rings. The van der Waals surface area contributed by atoms with Gasteiger partial charge in [-0.2, -0.15) is 0 Å². The van der Waals surface area contributed by atoms with E-state index in [0.29, 0.717) is 23.6 Å². The zero-order valence-electron chi connectivity index (χ0n) is 12.4. The number of likely N-dealkylation sites (N-methyl/N-ethyl adjacent to an activating group) is 1. The molecule has 116 valence electrons. The van der Waals surface area contributed by atoms with Crippen molar-refractivity contribution in [2.45, 2.75) is 6.54 Å². The number of ether oxygens (including phenoxy) is 1. The van der Waals surface area contributed by atoms with Gasteiger partial charge in [0.25, 0.3) is 0 Å². The summed E-state index contributed by atoms with van der Waals surface area (Å²) in [7, 11) is 3.05. The van der Waals surface area contributed by atoms with E-state index in [1.807, 2.05) is 12.1 Å². The van der Waals surface area contributed by atoms with Crippen molar-refractivity contribution < 1.29 is 23.8 Å². The summed E-state index contributed by atoms with van der Waals surface area (Å²) in [5.41, 5.74) is 1.30. The number of carbonyl (C=O) groups excluding carboxylic acids is 1. The average Bonchev–Trinajstić information content (AvgIpc) is 2.94. The van der Waals surface area contributed by atoms with Crippen LogP contribution in [0.3, 0.4) is 0 Å². The summed E-state index contributed by atoms with van der Waals surface area (Å²) in [5, 5.41) is 8.73. The predicted molar refractivity (Wildman–Crippen MR) is 79.5 cm³/mol. The topological polar surface area (TPSA) is 80.0 Å². The zero-order valence-corrected chi connectivity index (χ0v) is 12.4. The standard InChI is InChI=1S/C16H17NO5/c1-17(10-15(18)19)9-13-7-8-14(22-13)11-3-5-12(6-4-11)16(20)21-2/h3-8H,9-10H2,1-2H3,(H,18,19). The van der Waals surface area contributed by atoms with Gasteiger partial charge in [0.15, 0.2) is 0 Å². The lowest BCUT2D eigenvalue weighted by molar-refractivity contribution is -0.138. The summed E-state index contributed by atoms with van der Waals surface area (Å²) in [6.07, 6.45) is 0. The van der Waals surface area contributed by atoms with Crippen LogP contribution in [0, 0.1) is 0 Å². The quantitative estimate of drug-likeness (QED) is 0.824. The number of nitrogens with zero attached hydrogens (tertiary/aromatic N) is 1. The van der Waals surface area contributed by atoms with Crippen molar-refractivity contribution >= 4 is 11.9 Å². The van der Waals surface area contributed by atoms with E-state index < -0.39 is 5.97 Å². The summed E-state index contributed by atoms with van der Waals surface area (Å²) in [4.78, 5) is 23.6. The van der Waals surface area contributed by atoms with Crippen molar-refractivity contribution in [3.63, 3.8) is 0 Å². The minimum atomic E-state index is -0.882. The SMILES string of the molecule is COC(=O)c1ccc(-c2ccc(CN(C)CC(=O)O)o2)cc1. The van der Waals surface area contributed by atoms with E-state index in [1.54, 1.807) is 36.2 Å². The van der Waals surface area contributed by atoms with Crippen LogP contribution >= 0.6 is 0 Å². The van der Waals surface area contributed by atoms with Gasteiger partial charge in [0.2, 0.25) is 0 Å². The summed E-state index contributed by atoms with van der Waals surface area (Å²) >= 11 is 0. The van der Waals surface area contributed by atoms with Crippen molar-refractivity contribution in [2.24, 2.45) is 0 Å². The van der Waals surface area contributed by atoms with Crippen molar-refractivity contribution in [3.8, 4) is 11.3 Å². The maximum Gasteiger partial charge on any atom is 0.337 e. The molecule has 0 spiro atoms. The molecule has 1 heterocycles. The Balaban J connectivity index is 2.07. The van der Waals surface area contributed by atoms with Gasteiger partial charge in [-0.15, -0.1) is 0 Å². The third kappa shape index (κ3) is 3.95. The fourth-order valence-electron chi connectivity index (χ4n) is 2.06. The van der Waals surface area contributed by atoms with Gasteiger partial charge in [-0.25, -0.2) is 4.79 Å². The van der Waals surface area contributed by atoms with Gasteiger partial charge < -0.3 is 14.3 Å². The molecule has 22 heavy (non-hydrogen) atoms. The highest BCUT2D eigenvalue weighted by atomic mass is 16.5. The highest BCUT2D eigenvalue weighted by Crippen LogP contribution is 2.23. The molecule has 1 aromatic carbocycles. The lowest BCUT2D eigenvalue weighted by Crippen LogP contribution is -2.24. The minimum absolute atomic E-state index is 0.0517. The van der Waals surface area contributed by atoms with Crippen LogP contribution in [0.4, 0.5) is 0 Å². The van der Waals surface area contributed by atoms with E-state index in [-0.39, 0.29) is 12.5 Å². The summed E-state index contributed by atoms with van der Waals surface area (Å²) < 4.78 is 10.3. The fourth-order valence-corrected chi connectivity index (χ4v) is 2.06. The number of benzene rings is 1. The fraction of sp³-hybridized carbons (Fsp3) is 0.250. The molecule has 6 heteroatoms. The summed E-state index contributed by atoms with van der Waals surface area (Å²) in [6.45, 7) is 0.358. The first-order valence-electron chi connectivity index (χ1n) is 6.67. The van der Waals surface area contributed by atoms with E-state index in [0.717, 1.165) is 5.56 Å². The molecule has 6 nitrogen and oxygen atoms in total. The number of esters is 1. The van der Waals surface area contributed by atoms with Crippen molar-refractivity contribution in [2.75, 3.05) is 20.7 Å². The number of methoxy groups -OCH3 is 1. The first-order chi connectivity index (χ1) is 10.5. The zero-order chi connectivity index (χ0) is 16.1. The molecule has 1 N–H and O–H groups in total. The maximum absolute atomic E-state index is 11.4. The number of carbonyl (C=O) groups is 2. The van der Waals surface area contributed by atoms with Crippen LogP contribution in [0.25, 0.3) is 11.3 Å². The molecule has 0 aliphatic heterocycles. The number of aliphatic carboxylic acids is 1. The van der Waals surface area contributed by atoms with Gasteiger partial charge in [-0.1, -0.05) is 12.1 Å². The number of hydrogen-bond acceptors (Lipinski definition) is 5. The van der Waals surface area contributed by atoms with Gasteiger partial charge in [-0.3, -0.25) is 9.69 Å². The first-order valence-corrected chi connectivity index (χ1v) is 6.67. The Bertz CT molecular complexity index is 659. The van der Waals surface area contributed by atoms with Crippen LogP contribution in [0.15, 0.2) is 40.8 Å². The molecule has 0 unspecified atom stereocenters. The molecule has 2 rings (SSSR count). The molecule has 0 radical (unpaired) electrons. The van der Waals surface area contributed by atoms with Crippen molar-refractivity contribution in [1.29, 1.82) is 0 Å². The molecular formula is C16H17NO5. The number of carboxylic acids is 1. The Kier molecular flexibility index (Phi) is 4.95. The first kappa shape index (κ1) is 15.8. The summed E-state index contributed by atoms with van der Waals surface area (Å²) in [5.74, 6) is 0.0700. The van der Waals surface area contributed by atoms with Gasteiger partial charge >= 0.3 is 11.9 Å². The van der Waals surface area contributed by atoms with Gasteiger partial charge in [0.1, 0.15) is 11.5 Å². The van der Waals surface area contributed by atoms with E-state index in [2.05, 4.69) is 4.74 Å². The van der Waals surface area contributed by atoms with Crippen LogP contribution in [0.5, 0.6) is 0 Å².